The first-order valence-corrected chi connectivity index (χ1v) is 8.01. The quantitative estimate of drug-likeness (QED) is 0.676. The lowest BCUT2D eigenvalue weighted by atomic mass is 10.1. The van der Waals surface area contributed by atoms with Gasteiger partial charge in [0, 0.05) is 13.0 Å². The largest absolute Gasteiger partial charge is 0.489 e. The molecule has 1 saturated heterocycles. The molecule has 2 rings (SSSR count). The summed E-state index contributed by atoms with van der Waals surface area (Å²) in [4.78, 5) is 24.8. The lowest BCUT2D eigenvalue weighted by molar-refractivity contribution is -0.133. The Morgan fingerprint density at radius 3 is 2.71 bits per heavy atom. The van der Waals surface area contributed by atoms with E-state index in [-0.39, 0.29) is 35.7 Å². The zero-order chi connectivity index (χ0) is 17.9. The minimum atomic E-state index is -1.06. The van der Waals surface area contributed by atoms with Gasteiger partial charge in [0.2, 0.25) is 5.91 Å². The Labute approximate surface area is 141 Å². The Morgan fingerprint density at radius 1 is 1.42 bits per heavy atom. The molecule has 1 aromatic carbocycles. The zero-order valence-electron chi connectivity index (χ0n) is 13.9. The third-order valence-corrected chi connectivity index (χ3v) is 3.98. The number of aromatic carboxylic acids is 1. The highest BCUT2D eigenvalue weighted by Gasteiger charge is 2.34. The number of nitrogen functional groups attached to an aromatic ring is 1. The number of carboxylic acids is 1. The second-order valence-electron chi connectivity index (χ2n) is 6.56. The van der Waals surface area contributed by atoms with Crippen LogP contribution in [-0.2, 0) is 4.79 Å². The molecular weight excluding hydrogens is 312 g/mol. The van der Waals surface area contributed by atoms with Gasteiger partial charge in [-0.3, -0.25) is 4.79 Å². The monoisotopic (exact) mass is 336 g/mol. The number of carboxylic acid groups (broad SMARTS) is 1. The number of carbonyl (C=O) groups excluding carboxylic acids is 1. The minimum Gasteiger partial charge on any atom is -0.489 e. The molecule has 0 aromatic heterocycles. The fraction of sp³-hybridized carbons (Fsp3) is 0.529. The molecule has 132 valence electrons. The van der Waals surface area contributed by atoms with E-state index >= 15 is 0 Å². The standard InChI is InChI=1S/C17H24N2O5/c1-10(2)5-16(21)19-8-13(20)7-12(19)9-24-15-4-3-11(17(22)23)6-14(15)18/h3-4,6,10,12-13,20H,5,7-9,18H2,1-2H3,(H,22,23)/t12-,13?/m0/s1. The number of ether oxygens (including phenoxy) is 1. The fourth-order valence-electron chi connectivity index (χ4n) is 2.82. The average Bonchev–Trinajstić information content (AvgIpc) is 2.86. The van der Waals surface area contributed by atoms with Crippen molar-refractivity contribution in [1.82, 2.24) is 4.90 Å². The molecule has 1 aliphatic heterocycles. The van der Waals surface area contributed by atoms with E-state index in [1.165, 1.54) is 18.2 Å². The third-order valence-electron chi connectivity index (χ3n) is 3.98. The number of benzene rings is 1. The van der Waals surface area contributed by atoms with Crippen molar-refractivity contribution in [3.8, 4) is 5.75 Å². The topological polar surface area (TPSA) is 113 Å². The summed E-state index contributed by atoms with van der Waals surface area (Å²) in [5.74, 6) is -0.435. The number of rotatable bonds is 6. The van der Waals surface area contributed by atoms with E-state index < -0.39 is 12.1 Å². The van der Waals surface area contributed by atoms with Gasteiger partial charge in [-0.25, -0.2) is 4.79 Å². The van der Waals surface area contributed by atoms with Crippen LogP contribution < -0.4 is 10.5 Å². The molecule has 24 heavy (non-hydrogen) atoms. The molecule has 0 radical (unpaired) electrons. The predicted molar refractivity (Wildman–Crippen MR) is 88.9 cm³/mol. The fourth-order valence-corrected chi connectivity index (χ4v) is 2.82. The summed E-state index contributed by atoms with van der Waals surface area (Å²) >= 11 is 0. The highest BCUT2D eigenvalue weighted by molar-refractivity contribution is 5.89. The molecule has 1 fully saturated rings. The Morgan fingerprint density at radius 2 is 2.12 bits per heavy atom. The molecular formula is C17H24N2O5. The van der Waals surface area contributed by atoms with Gasteiger partial charge in [-0.15, -0.1) is 0 Å². The molecule has 1 aromatic rings. The highest BCUT2D eigenvalue weighted by atomic mass is 16.5. The number of aliphatic hydroxyl groups excluding tert-OH is 1. The van der Waals surface area contributed by atoms with Gasteiger partial charge in [-0.1, -0.05) is 13.8 Å². The number of nitrogens with two attached hydrogens (primary N) is 1. The summed E-state index contributed by atoms with van der Waals surface area (Å²) in [5, 5.41) is 18.8. The number of amides is 1. The number of nitrogens with zero attached hydrogens (tertiary/aromatic N) is 1. The van der Waals surface area contributed by atoms with Gasteiger partial charge < -0.3 is 25.6 Å². The van der Waals surface area contributed by atoms with Crippen LogP contribution in [0.15, 0.2) is 18.2 Å². The van der Waals surface area contributed by atoms with Crippen molar-refractivity contribution in [3.63, 3.8) is 0 Å². The van der Waals surface area contributed by atoms with Crippen molar-refractivity contribution >= 4 is 17.6 Å². The first kappa shape index (κ1) is 18.1. The number of anilines is 1. The molecule has 0 saturated carbocycles. The number of hydrogen-bond donors (Lipinski definition) is 3. The maximum absolute atomic E-state index is 12.3. The van der Waals surface area contributed by atoms with E-state index in [9.17, 15) is 14.7 Å². The van der Waals surface area contributed by atoms with Crippen LogP contribution >= 0.6 is 0 Å². The summed E-state index contributed by atoms with van der Waals surface area (Å²) in [6.45, 7) is 4.46. The minimum absolute atomic E-state index is 0.00403. The molecule has 7 nitrogen and oxygen atoms in total. The zero-order valence-corrected chi connectivity index (χ0v) is 13.9. The maximum Gasteiger partial charge on any atom is 0.335 e. The Kier molecular flexibility index (Phi) is 5.66. The van der Waals surface area contributed by atoms with Crippen LogP contribution in [0.25, 0.3) is 0 Å². The second kappa shape index (κ2) is 7.53. The predicted octanol–water partition coefficient (Wildman–Crippen LogP) is 1.35. The SMILES string of the molecule is CC(C)CC(=O)N1CC(O)C[C@H]1COc1ccc(C(=O)O)cc1N. The summed E-state index contributed by atoms with van der Waals surface area (Å²) in [5.41, 5.74) is 6.13. The summed E-state index contributed by atoms with van der Waals surface area (Å²) in [6.07, 6.45) is 0.330. The summed E-state index contributed by atoms with van der Waals surface area (Å²) in [7, 11) is 0. The van der Waals surface area contributed by atoms with Crippen molar-refractivity contribution in [2.24, 2.45) is 5.92 Å². The van der Waals surface area contributed by atoms with Crippen LogP contribution in [0, 0.1) is 5.92 Å². The lowest BCUT2D eigenvalue weighted by Crippen LogP contribution is -2.39. The Hall–Kier alpha value is -2.28. The molecule has 1 amide bonds. The normalized spacial score (nSPS) is 20.4. The van der Waals surface area contributed by atoms with Crippen molar-refractivity contribution in [3.05, 3.63) is 23.8 Å². The highest BCUT2D eigenvalue weighted by Crippen LogP contribution is 2.25. The molecule has 0 aliphatic carbocycles. The van der Waals surface area contributed by atoms with Crippen LogP contribution in [0.4, 0.5) is 5.69 Å². The van der Waals surface area contributed by atoms with Crippen LogP contribution in [-0.4, -0.2) is 52.3 Å². The van der Waals surface area contributed by atoms with E-state index in [0.717, 1.165) is 0 Å². The first-order chi connectivity index (χ1) is 11.3. The average molecular weight is 336 g/mol. The number of hydrogen-bond acceptors (Lipinski definition) is 5. The van der Waals surface area contributed by atoms with E-state index in [0.29, 0.717) is 25.1 Å². The van der Waals surface area contributed by atoms with Gasteiger partial charge in [0.25, 0.3) is 0 Å². The Balaban J connectivity index is 2.01. The van der Waals surface area contributed by atoms with Crippen molar-refractivity contribution < 1.29 is 24.5 Å². The molecule has 1 heterocycles. The summed E-state index contributed by atoms with van der Waals surface area (Å²) < 4.78 is 5.67. The number of likely N-dealkylation sites (tertiary alicyclic amines) is 1. The van der Waals surface area contributed by atoms with Gasteiger partial charge in [-0.05, 0) is 30.5 Å². The van der Waals surface area contributed by atoms with Crippen molar-refractivity contribution in [2.75, 3.05) is 18.9 Å². The lowest BCUT2D eigenvalue weighted by Gasteiger charge is -2.25. The van der Waals surface area contributed by atoms with Crippen molar-refractivity contribution in [2.45, 2.75) is 38.8 Å². The molecule has 0 bridgehead atoms. The first-order valence-electron chi connectivity index (χ1n) is 8.01. The second-order valence-corrected chi connectivity index (χ2v) is 6.56. The van der Waals surface area contributed by atoms with Gasteiger partial charge in [0.05, 0.1) is 23.4 Å². The maximum atomic E-state index is 12.3. The molecule has 1 aliphatic rings. The van der Waals surface area contributed by atoms with Gasteiger partial charge in [0.15, 0.2) is 0 Å². The van der Waals surface area contributed by atoms with Crippen molar-refractivity contribution in [1.29, 1.82) is 0 Å². The van der Waals surface area contributed by atoms with Crippen LogP contribution in [0.2, 0.25) is 0 Å². The van der Waals surface area contributed by atoms with Crippen LogP contribution in [0.1, 0.15) is 37.0 Å². The van der Waals surface area contributed by atoms with Crippen LogP contribution in [0.3, 0.4) is 0 Å². The smallest absolute Gasteiger partial charge is 0.335 e. The Bertz CT molecular complexity index is 617. The van der Waals surface area contributed by atoms with Gasteiger partial charge in [-0.2, -0.15) is 0 Å². The van der Waals surface area contributed by atoms with E-state index in [1.54, 1.807) is 4.90 Å². The number of carbonyl (C=O) groups is 2. The van der Waals surface area contributed by atoms with E-state index in [4.69, 9.17) is 15.6 Å². The van der Waals surface area contributed by atoms with Crippen LogP contribution in [0.5, 0.6) is 5.75 Å². The number of aliphatic hydroxyl groups is 1. The molecule has 1 unspecified atom stereocenters. The van der Waals surface area contributed by atoms with E-state index in [2.05, 4.69) is 0 Å². The third kappa shape index (κ3) is 4.38. The molecule has 0 spiro atoms. The van der Waals surface area contributed by atoms with E-state index in [1.807, 2.05) is 13.8 Å². The van der Waals surface area contributed by atoms with Gasteiger partial charge >= 0.3 is 5.97 Å². The molecule has 2 atom stereocenters. The van der Waals surface area contributed by atoms with Gasteiger partial charge in [0.1, 0.15) is 12.4 Å². The molecule has 4 N–H and O–H groups in total. The number of β-amino-alcohol motifs (C(OH)–C–C–N with tert-alkyl or cyclic N) is 1. The molecule has 7 heteroatoms. The summed E-state index contributed by atoms with van der Waals surface area (Å²) in [6, 6.07) is 4.04.